The predicted octanol–water partition coefficient (Wildman–Crippen LogP) is 2.30. The fourth-order valence-electron chi connectivity index (χ4n) is 2.15. The van der Waals surface area contributed by atoms with Crippen molar-refractivity contribution < 1.29 is 13.2 Å². The first-order valence-electron chi connectivity index (χ1n) is 6.68. The molecule has 2 rings (SSSR count). The second-order valence-corrected chi connectivity index (χ2v) is 7.24. The lowest BCUT2D eigenvalue weighted by Crippen LogP contribution is -2.42. The zero-order chi connectivity index (χ0) is 14.6. The fraction of sp³-hybridized carbons (Fsp3) is 0.538. The topological polar surface area (TPSA) is 67.4 Å². The highest BCUT2D eigenvalue weighted by Crippen LogP contribution is 2.28. The number of hydrogen-bond acceptors (Lipinski definition) is 4. The van der Waals surface area contributed by atoms with Crippen LogP contribution in [0.2, 0.25) is 0 Å². The lowest BCUT2D eigenvalue weighted by atomic mass is 10.1. The Labute approximate surface area is 140 Å². The molecule has 1 fully saturated rings. The molecule has 0 unspecified atom stereocenters. The van der Waals surface area contributed by atoms with Crippen molar-refractivity contribution in [2.75, 3.05) is 19.7 Å². The highest BCUT2D eigenvalue weighted by Gasteiger charge is 2.22. The normalized spacial score (nSPS) is 16.3. The van der Waals surface area contributed by atoms with Crippen LogP contribution >= 0.6 is 28.3 Å². The van der Waals surface area contributed by atoms with E-state index in [0.717, 1.165) is 25.9 Å². The zero-order valence-corrected chi connectivity index (χ0v) is 15.0. The van der Waals surface area contributed by atoms with E-state index in [9.17, 15) is 8.42 Å². The van der Waals surface area contributed by atoms with Crippen molar-refractivity contribution in [3.05, 3.63) is 22.7 Å². The van der Waals surface area contributed by atoms with Crippen LogP contribution in [0.5, 0.6) is 5.75 Å². The molecule has 120 valence electrons. The van der Waals surface area contributed by atoms with Crippen molar-refractivity contribution in [2.45, 2.75) is 30.7 Å². The monoisotopic (exact) mass is 398 g/mol. The number of nitrogens with one attached hydrogen (secondary N) is 2. The molecule has 0 spiro atoms. The molecule has 0 aliphatic carbocycles. The van der Waals surface area contributed by atoms with Crippen molar-refractivity contribution in [3.8, 4) is 5.75 Å². The highest BCUT2D eigenvalue weighted by molar-refractivity contribution is 9.10. The van der Waals surface area contributed by atoms with Gasteiger partial charge >= 0.3 is 0 Å². The van der Waals surface area contributed by atoms with Gasteiger partial charge in [0, 0.05) is 6.04 Å². The molecule has 0 bridgehead atoms. The summed E-state index contributed by atoms with van der Waals surface area (Å²) < 4.78 is 33.4. The molecule has 1 saturated heterocycles. The Morgan fingerprint density at radius 1 is 1.38 bits per heavy atom. The lowest BCUT2D eigenvalue weighted by molar-refractivity contribution is 0.338. The first kappa shape index (κ1) is 18.7. The summed E-state index contributed by atoms with van der Waals surface area (Å²) in [6, 6.07) is 4.82. The molecule has 5 nitrogen and oxygen atoms in total. The molecule has 1 aliphatic rings. The number of sulfonamides is 1. The summed E-state index contributed by atoms with van der Waals surface area (Å²) in [6.07, 6.45) is 1.63. The van der Waals surface area contributed by atoms with Crippen LogP contribution in [-0.4, -0.2) is 34.2 Å². The van der Waals surface area contributed by atoms with Crippen molar-refractivity contribution in [1.82, 2.24) is 10.0 Å². The number of piperidine rings is 1. The van der Waals surface area contributed by atoms with Crippen molar-refractivity contribution in [1.29, 1.82) is 0 Å². The average Bonchev–Trinajstić information content (AvgIpc) is 2.42. The van der Waals surface area contributed by atoms with Gasteiger partial charge in [-0.25, -0.2) is 13.1 Å². The van der Waals surface area contributed by atoms with Crippen molar-refractivity contribution >= 4 is 38.4 Å². The molecule has 0 amide bonds. The van der Waals surface area contributed by atoms with Crippen molar-refractivity contribution in [3.63, 3.8) is 0 Å². The molecule has 0 atom stereocenters. The van der Waals surface area contributed by atoms with Gasteiger partial charge in [-0.15, -0.1) is 12.4 Å². The Balaban J connectivity index is 0.00000220. The summed E-state index contributed by atoms with van der Waals surface area (Å²) in [5, 5.41) is 3.21. The van der Waals surface area contributed by atoms with E-state index in [1.807, 2.05) is 6.92 Å². The third-order valence-corrected chi connectivity index (χ3v) is 5.31. The van der Waals surface area contributed by atoms with Crippen molar-refractivity contribution in [2.24, 2.45) is 0 Å². The van der Waals surface area contributed by atoms with E-state index in [-0.39, 0.29) is 23.3 Å². The molecule has 0 radical (unpaired) electrons. The minimum atomic E-state index is -3.48. The minimum absolute atomic E-state index is 0. The highest BCUT2D eigenvalue weighted by atomic mass is 79.9. The predicted molar refractivity (Wildman–Crippen MR) is 88.8 cm³/mol. The summed E-state index contributed by atoms with van der Waals surface area (Å²) in [4.78, 5) is 0.256. The molecular formula is C13H20BrClN2O3S. The average molecular weight is 400 g/mol. The Bertz CT molecular complexity index is 563. The fourth-order valence-corrected chi connectivity index (χ4v) is 4.12. The maximum absolute atomic E-state index is 12.3. The van der Waals surface area contributed by atoms with Crippen LogP contribution in [0.25, 0.3) is 0 Å². The summed E-state index contributed by atoms with van der Waals surface area (Å²) in [5.74, 6) is 0.647. The van der Waals surface area contributed by atoms with Crippen LogP contribution in [0, 0.1) is 0 Å². The summed E-state index contributed by atoms with van der Waals surface area (Å²) in [5.41, 5.74) is 0. The second kappa shape index (κ2) is 8.33. The number of benzene rings is 1. The summed E-state index contributed by atoms with van der Waals surface area (Å²) >= 11 is 3.34. The SMILES string of the molecule is CCOc1ccc(S(=O)(=O)NC2CCNCC2)cc1Br.Cl. The van der Waals surface area contributed by atoms with Gasteiger partial charge in [0.25, 0.3) is 0 Å². The Morgan fingerprint density at radius 2 is 2.05 bits per heavy atom. The number of halogens is 2. The van der Waals surface area contributed by atoms with Gasteiger partial charge in [-0.1, -0.05) is 0 Å². The first-order chi connectivity index (χ1) is 9.53. The van der Waals surface area contributed by atoms with Crippen LogP contribution in [-0.2, 0) is 10.0 Å². The van der Waals surface area contributed by atoms with Gasteiger partial charge in [0.05, 0.1) is 16.0 Å². The van der Waals surface area contributed by atoms with Gasteiger partial charge in [-0.3, -0.25) is 0 Å². The molecule has 1 aliphatic heterocycles. The standard InChI is InChI=1S/C13H19BrN2O3S.ClH/c1-2-19-13-4-3-11(9-12(13)14)20(17,18)16-10-5-7-15-8-6-10;/h3-4,9-10,15-16H,2,5-8H2,1H3;1H. The summed E-state index contributed by atoms with van der Waals surface area (Å²) in [7, 11) is -3.48. The minimum Gasteiger partial charge on any atom is -0.493 e. The molecule has 2 N–H and O–H groups in total. The Kier molecular flexibility index (Phi) is 7.42. The van der Waals surface area contributed by atoms with Crippen LogP contribution < -0.4 is 14.8 Å². The van der Waals surface area contributed by atoms with Crippen LogP contribution in [0.15, 0.2) is 27.6 Å². The molecule has 1 aromatic rings. The van der Waals surface area contributed by atoms with Gasteiger partial charge in [-0.05, 0) is 67.0 Å². The molecule has 1 heterocycles. The van der Waals surface area contributed by atoms with E-state index in [0.29, 0.717) is 16.8 Å². The van der Waals surface area contributed by atoms with E-state index in [4.69, 9.17) is 4.74 Å². The molecule has 8 heteroatoms. The Hall–Kier alpha value is -0.340. The van der Waals surface area contributed by atoms with E-state index < -0.39 is 10.0 Å². The molecule has 0 saturated carbocycles. The molecule has 1 aromatic carbocycles. The van der Waals surface area contributed by atoms with Crippen LogP contribution in [0.1, 0.15) is 19.8 Å². The van der Waals surface area contributed by atoms with E-state index >= 15 is 0 Å². The summed E-state index contributed by atoms with van der Waals surface area (Å²) in [6.45, 7) is 4.12. The van der Waals surface area contributed by atoms with Gasteiger partial charge in [0.1, 0.15) is 5.75 Å². The van der Waals surface area contributed by atoms with E-state index in [1.165, 1.54) is 0 Å². The number of ether oxygens (including phenoxy) is 1. The quantitative estimate of drug-likeness (QED) is 0.797. The van der Waals surface area contributed by atoms with Crippen LogP contribution in [0.4, 0.5) is 0 Å². The van der Waals surface area contributed by atoms with Crippen LogP contribution in [0.3, 0.4) is 0 Å². The second-order valence-electron chi connectivity index (χ2n) is 4.67. The van der Waals surface area contributed by atoms with Gasteiger partial charge in [0.15, 0.2) is 0 Å². The van der Waals surface area contributed by atoms with Gasteiger partial charge in [0.2, 0.25) is 10.0 Å². The first-order valence-corrected chi connectivity index (χ1v) is 8.96. The Morgan fingerprint density at radius 3 is 2.62 bits per heavy atom. The number of rotatable bonds is 5. The van der Waals surface area contributed by atoms with E-state index in [1.54, 1.807) is 18.2 Å². The lowest BCUT2D eigenvalue weighted by Gasteiger charge is -2.23. The maximum Gasteiger partial charge on any atom is 0.240 e. The molecule has 0 aromatic heterocycles. The molecular weight excluding hydrogens is 380 g/mol. The third kappa shape index (κ3) is 5.10. The largest absolute Gasteiger partial charge is 0.493 e. The smallest absolute Gasteiger partial charge is 0.240 e. The maximum atomic E-state index is 12.3. The third-order valence-electron chi connectivity index (χ3n) is 3.17. The number of hydrogen-bond donors (Lipinski definition) is 2. The van der Waals surface area contributed by atoms with E-state index in [2.05, 4.69) is 26.0 Å². The zero-order valence-electron chi connectivity index (χ0n) is 11.8. The van der Waals surface area contributed by atoms with Gasteiger partial charge < -0.3 is 10.1 Å². The molecule has 21 heavy (non-hydrogen) atoms. The van der Waals surface area contributed by atoms with Gasteiger partial charge in [-0.2, -0.15) is 0 Å².